The molecular formula is C20H23N3O2. The molecule has 25 heavy (non-hydrogen) atoms. The number of amides is 1. The number of hydrogen-bond donors (Lipinski definition) is 2. The maximum absolute atomic E-state index is 12.5. The number of benzene rings is 1. The lowest BCUT2D eigenvalue weighted by Gasteiger charge is -2.19. The van der Waals surface area contributed by atoms with Crippen molar-refractivity contribution in [2.75, 3.05) is 5.32 Å². The monoisotopic (exact) mass is 337 g/mol. The summed E-state index contributed by atoms with van der Waals surface area (Å²) in [6.45, 7) is 7.73. The van der Waals surface area contributed by atoms with Crippen LogP contribution in [0.5, 0.6) is 0 Å². The number of nitrogens with zero attached hydrogens (tertiary/aromatic N) is 2. The number of rotatable bonds is 4. The van der Waals surface area contributed by atoms with E-state index in [9.17, 15) is 9.90 Å². The summed E-state index contributed by atoms with van der Waals surface area (Å²) in [5.74, 6) is 0.595. The fraction of sp³-hybridized carbons (Fsp3) is 0.400. The van der Waals surface area contributed by atoms with Gasteiger partial charge in [0, 0.05) is 11.6 Å². The number of nitrogens with one attached hydrogen (secondary N) is 1. The highest BCUT2D eigenvalue weighted by molar-refractivity contribution is 5.97. The molecule has 1 aromatic heterocycles. The minimum atomic E-state index is -0.936. The van der Waals surface area contributed by atoms with Crippen LogP contribution in [-0.4, -0.2) is 20.6 Å². The molecule has 2 aromatic rings. The number of carbonyl (C=O) groups is 1. The Morgan fingerprint density at radius 3 is 2.60 bits per heavy atom. The van der Waals surface area contributed by atoms with Crippen molar-refractivity contribution in [3.63, 3.8) is 0 Å². The summed E-state index contributed by atoms with van der Waals surface area (Å²) in [6, 6.07) is 5.70. The molecule has 130 valence electrons. The highest BCUT2D eigenvalue weighted by Crippen LogP contribution is 2.52. The third kappa shape index (κ3) is 2.68. The van der Waals surface area contributed by atoms with Crippen LogP contribution in [0.25, 0.3) is 16.7 Å². The van der Waals surface area contributed by atoms with Gasteiger partial charge in [-0.2, -0.15) is 0 Å². The average Bonchev–Trinajstić information content (AvgIpc) is 2.96. The first-order chi connectivity index (χ1) is 11.7. The number of aromatic nitrogens is 2. The second kappa shape index (κ2) is 5.05. The Kier molecular flexibility index (Phi) is 3.25. The number of imidazole rings is 1. The molecule has 0 unspecified atom stereocenters. The second-order valence-electron chi connectivity index (χ2n) is 8.22. The summed E-state index contributed by atoms with van der Waals surface area (Å²) in [7, 11) is 0. The van der Waals surface area contributed by atoms with Crippen LogP contribution in [0.2, 0.25) is 0 Å². The van der Waals surface area contributed by atoms with Gasteiger partial charge in [0.15, 0.2) is 0 Å². The van der Waals surface area contributed by atoms with Gasteiger partial charge in [-0.3, -0.25) is 14.7 Å². The van der Waals surface area contributed by atoms with Crippen molar-refractivity contribution in [2.24, 2.45) is 11.3 Å². The Morgan fingerprint density at radius 2 is 2.08 bits per heavy atom. The van der Waals surface area contributed by atoms with Crippen LogP contribution in [0.1, 0.15) is 39.7 Å². The first-order valence-corrected chi connectivity index (χ1v) is 8.62. The van der Waals surface area contributed by atoms with Crippen molar-refractivity contribution in [2.45, 2.75) is 39.7 Å². The molecule has 0 spiro atoms. The van der Waals surface area contributed by atoms with E-state index >= 15 is 0 Å². The molecular weight excluding hydrogens is 314 g/mol. The molecule has 1 atom stereocenters. The van der Waals surface area contributed by atoms with Gasteiger partial charge in [0.1, 0.15) is 0 Å². The summed E-state index contributed by atoms with van der Waals surface area (Å²) in [5.41, 5.74) is 2.59. The van der Waals surface area contributed by atoms with E-state index < -0.39 is 5.60 Å². The SMILES string of the molecule is CC(C)(O)c1ccc2nc(NC(=O)[C@@H]3CC3(C)C)n(C3=CC=C3)c2c1. The van der Waals surface area contributed by atoms with E-state index in [1.165, 1.54) is 0 Å². The van der Waals surface area contributed by atoms with Crippen molar-refractivity contribution in [3.8, 4) is 0 Å². The number of aliphatic hydroxyl groups is 1. The number of allylic oxidation sites excluding steroid dienone is 4. The lowest BCUT2D eigenvalue weighted by atomic mass is 9.98. The summed E-state index contributed by atoms with van der Waals surface area (Å²) >= 11 is 0. The average molecular weight is 337 g/mol. The molecule has 0 aliphatic heterocycles. The number of fused-ring (bicyclic) bond motifs is 1. The molecule has 2 aliphatic rings. The normalized spacial score (nSPS) is 21.0. The van der Waals surface area contributed by atoms with Crippen LogP contribution >= 0.6 is 0 Å². The van der Waals surface area contributed by atoms with Crippen molar-refractivity contribution in [1.82, 2.24) is 9.55 Å². The minimum absolute atomic E-state index is 0.0215. The molecule has 1 fully saturated rings. The largest absolute Gasteiger partial charge is 0.386 e. The predicted molar refractivity (Wildman–Crippen MR) is 98.9 cm³/mol. The number of carbonyl (C=O) groups excluding carboxylic acids is 1. The van der Waals surface area contributed by atoms with Gasteiger partial charge in [0.05, 0.1) is 16.6 Å². The predicted octanol–water partition coefficient (Wildman–Crippen LogP) is 3.66. The zero-order valence-electron chi connectivity index (χ0n) is 15.0. The standard InChI is InChI=1S/C20H23N3O2/c1-19(2)11-14(19)17(24)22-18-21-15-9-8-12(20(3,4)25)10-16(15)23(18)13-6-5-7-13/h5-10,14,25H,11H2,1-4H3,(H,21,22,24)/t14-/m0/s1. The molecule has 0 saturated heterocycles. The van der Waals surface area contributed by atoms with Crippen LogP contribution in [0.3, 0.4) is 0 Å². The highest BCUT2D eigenvalue weighted by Gasteiger charge is 2.50. The Bertz CT molecular complexity index is 942. The molecule has 1 aromatic carbocycles. The van der Waals surface area contributed by atoms with Crippen LogP contribution in [-0.2, 0) is 10.4 Å². The molecule has 0 radical (unpaired) electrons. The van der Waals surface area contributed by atoms with Gasteiger partial charge in [-0.15, -0.1) is 0 Å². The summed E-state index contributed by atoms with van der Waals surface area (Å²) < 4.78 is 1.94. The maximum atomic E-state index is 12.5. The smallest absolute Gasteiger partial charge is 0.230 e. The van der Waals surface area contributed by atoms with Gasteiger partial charge in [0.2, 0.25) is 11.9 Å². The molecule has 1 heterocycles. The topological polar surface area (TPSA) is 67.2 Å². The van der Waals surface area contributed by atoms with Crippen LogP contribution in [0, 0.1) is 11.3 Å². The number of hydrogen-bond acceptors (Lipinski definition) is 3. The van der Waals surface area contributed by atoms with Crippen LogP contribution < -0.4 is 5.32 Å². The van der Waals surface area contributed by atoms with E-state index in [0.717, 1.165) is 28.7 Å². The first kappa shape index (κ1) is 16.1. The maximum Gasteiger partial charge on any atom is 0.230 e. The van der Waals surface area contributed by atoms with Crippen molar-refractivity contribution in [3.05, 3.63) is 42.0 Å². The molecule has 1 saturated carbocycles. The summed E-state index contributed by atoms with van der Waals surface area (Å²) in [5, 5.41) is 13.3. The Morgan fingerprint density at radius 1 is 1.40 bits per heavy atom. The second-order valence-corrected chi connectivity index (χ2v) is 8.22. The molecule has 2 N–H and O–H groups in total. The van der Waals surface area contributed by atoms with Gasteiger partial charge in [-0.05, 0) is 55.5 Å². The van der Waals surface area contributed by atoms with Gasteiger partial charge in [-0.25, -0.2) is 4.98 Å². The van der Waals surface area contributed by atoms with Crippen molar-refractivity contribution >= 4 is 28.6 Å². The van der Waals surface area contributed by atoms with Gasteiger partial charge in [-0.1, -0.05) is 26.0 Å². The zero-order valence-corrected chi connectivity index (χ0v) is 15.0. The third-order valence-electron chi connectivity index (χ3n) is 5.22. The van der Waals surface area contributed by atoms with Gasteiger partial charge >= 0.3 is 0 Å². The Labute approximate surface area is 147 Å². The highest BCUT2D eigenvalue weighted by atomic mass is 16.3. The molecule has 4 rings (SSSR count). The molecule has 5 nitrogen and oxygen atoms in total. The van der Waals surface area contributed by atoms with Gasteiger partial charge in [0.25, 0.3) is 0 Å². The van der Waals surface area contributed by atoms with Crippen LogP contribution in [0.4, 0.5) is 5.95 Å². The third-order valence-corrected chi connectivity index (χ3v) is 5.22. The lowest BCUT2D eigenvalue weighted by Crippen LogP contribution is -2.19. The summed E-state index contributed by atoms with van der Waals surface area (Å²) in [4.78, 5) is 17.1. The van der Waals surface area contributed by atoms with Gasteiger partial charge < -0.3 is 5.11 Å². The van der Waals surface area contributed by atoms with E-state index in [4.69, 9.17) is 0 Å². The molecule has 1 amide bonds. The van der Waals surface area contributed by atoms with E-state index in [0.29, 0.717) is 5.95 Å². The fourth-order valence-corrected chi connectivity index (χ4v) is 3.24. The van der Waals surface area contributed by atoms with E-state index in [2.05, 4.69) is 24.1 Å². The van der Waals surface area contributed by atoms with Crippen molar-refractivity contribution in [1.29, 1.82) is 0 Å². The zero-order chi connectivity index (χ0) is 18.0. The molecule has 5 heteroatoms. The van der Waals surface area contributed by atoms with E-state index in [1.807, 2.05) is 41.0 Å². The lowest BCUT2D eigenvalue weighted by molar-refractivity contribution is -0.118. The number of anilines is 1. The Balaban J connectivity index is 1.77. The molecule has 0 bridgehead atoms. The summed E-state index contributed by atoms with van der Waals surface area (Å²) in [6.07, 6.45) is 6.82. The first-order valence-electron chi connectivity index (χ1n) is 8.62. The minimum Gasteiger partial charge on any atom is -0.386 e. The fourth-order valence-electron chi connectivity index (χ4n) is 3.24. The van der Waals surface area contributed by atoms with Crippen molar-refractivity contribution < 1.29 is 9.90 Å². The Hall–Kier alpha value is -2.40. The molecule has 2 aliphatic carbocycles. The quantitative estimate of drug-likeness (QED) is 0.895. The van der Waals surface area contributed by atoms with E-state index in [1.54, 1.807) is 13.8 Å². The van der Waals surface area contributed by atoms with E-state index in [-0.39, 0.29) is 17.2 Å². The van der Waals surface area contributed by atoms with Crippen LogP contribution in [0.15, 0.2) is 36.4 Å².